The van der Waals surface area contributed by atoms with E-state index in [2.05, 4.69) is 5.32 Å². The van der Waals surface area contributed by atoms with Gasteiger partial charge in [0.05, 0.1) is 19.1 Å². The Morgan fingerprint density at radius 3 is 2.53 bits per heavy atom. The lowest BCUT2D eigenvalue weighted by molar-refractivity contribution is -0.121. The van der Waals surface area contributed by atoms with E-state index in [0.717, 1.165) is 47.2 Å². The van der Waals surface area contributed by atoms with E-state index in [0.29, 0.717) is 31.0 Å². The first-order valence-electron chi connectivity index (χ1n) is 11.5. The Morgan fingerprint density at radius 2 is 1.79 bits per heavy atom. The minimum absolute atomic E-state index is 0.116. The molecule has 0 bridgehead atoms. The molecular formula is C25H31N3O5S. The SMILES string of the molecule is COc1ccc(CCNC(=O)Cn2ccc3cc(S(=O)(=O)N4CCCCC4)ccc32)c(OC)c1. The predicted molar refractivity (Wildman–Crippen MR) is 131 cm³/mol. The monoisotopic (exact) mass is 485 g/mol. The topological polar surface area (TPSA) is 89.9 Å². The van der Waals surface area contributed by atoms with Crippen LogP contribution in [0.3, 0.4) is 0 Å². The molecule has 1 saturated heterocycles. The number of ether oxygens (including phenoxy) is 2. The molecule has 3 aromatic rings. The fraction of sp³-hybridized carbons (Fsp3) is 0.400. The van der Waals surface area contributed by atoms with Crippen molar-refractivity contribution >= 4 is 26.8 Å². The van der Waals surface area contributed by atoms with Gasteiger partial charge in [-0.15, -0.1) is 0 Å². The molecule has 1 aliphatic rings. The Hall–Kier alpha value is -3.04. The minimum Gasteiger partial charge on any atom is -0.497 e. The lowest BCUT2D eigenvalue weighted by Crippen LogP contribution is -2.35. The van der Waals surface area contributed by atoms with Gasteiger partial charge in [-0.2, -0.15) is 4.31 Å². The summed E-state index contributed by atoms with van der Waals surface area (Å²) in [4.78, 5) is 12.8. The molecule has 0 spiro atoms. The van der Waals surface area contributed by atoms with Crippen LogP contribution in [0.1, 0.15) is 24.8 Å². The molecule has 1 fully saturated rings. The van der Waals surface area contributed by atoms with Gasteiger partial charge >= 0.3 is 0 Å². The number of benzene rings is 2. The zero-order valence-electron chi connectivity index (χ0n) is 19.6. The van der Waals surface area contributed by atoms with Gasteiger partial charge in [0, 0.05) is 42.8 Å². The molecule has 0 aliphatic carbocycles. The van der Waals surface area contributed by atoms with Crippen LogP contribution in [-0.4, -0.2) is 57.1 Å². The molecule has 9 heteroatoms. The van der Waals surface area contributed by atoms with Crippen molar-refractivity contribution in [3.8, 4) is 11.5 Å². The number of hydrogen-bond donors (Lipinski definition) is 1. The molecule has 1 N–H and O–H groups in total. The van der Waals surface area contributed by atoms with Crippen molar-refractivity contribution in [2.75, 3.05) is 33.9 Å². The molecule has 0 atom stereocenters. The number of carbonyl (C=O) groups is 1. The van der Waals surface area contributed by atoms with Gasteiger partial charge in [-0.25, -0.2) is 8.42 Å². The van der Waals surface area contributed by atoms with Crippen LogP contribution in [0, 0.1) is 0 Å². The van der Waals surface area contributed by atoms with E-state index in [-0.39, 0.29) is 12.5 Å². The first kappa shape index (κ1) is 24.1. The summed E-state index contributed by atoms with van der Waals surface area (Å²) in [6, 6.07) is 12.6. The Bertz CT molecular complexity index is 1260. The number of methoxy groups -OCH3 is 2. The van der Waals surface area contributed by atoms with E-state index >= 15 is 0 Å². The van der Waals surface area contributed by atoms with E-state index in [4.69, 9.17) is 9.47 Å². The summed E-state index contributed by atoms with van der Waals surface area (Å²) in [5.41, 5.74) is 1.81. The normalized spacial score (nSPS) is 14.8. The van der Waals surface area contributed by atoms with Crippen LogP contribution in [0.5, 0.6) is 11.5 Å². The molecule has 1 aliphatic heterocycles. The second-order valence-electron chi connectivity index (χ2n) is 8.41. The molecule has 0 unspecified atom stereocenters. The lowest BCUT2D eigenvalue weighted by atomic mass is 10.1. The molecule has 4 rings (SSSR count). The molecule has 1 amide bonds. The summed E-state index contributed by atoms with van der Waals surface area (Å²) in [5.74, 6) is 1.33. The Morgan fingerprint density at radius 1 is 1.00 bits per heavy atom. The number of hydrogen-bond acceptors (Lipinski definition) is 5. The second-order valence-corrected chi connectivity index (χ2v) is 10.3. The zero-order valence-corrected chi connectivity index (χ0v) is 20.4. The zero-order chi connectivity index (χ0) is 24.1. The van der Waals surface area contributed by atoms with E-state index < -0.39 is 10.0 Å². The number of amides is 1. The third kappa shape index (κ3) is 5.20. The van der Waals surface area contributed by atoms with Crippen LogP contribution < -0.4 is 14.8 Å². The van der Waals surface area contributed by atoms with Crippen molar-refractivity contribution < 1.29 is 22.7 Å². The Labute approximate surface area is 200 Å². The maximum atomic E-state index is 13.0. The number of sulfonamides is 1. The largest absolute Gasteiger partial charge is 0.497 e. The average molecular weight is 486 g/mol. The van der Waals surface area contributed by atoms with E-state index in [1.165, 1.54) is 0 Å². The van der Waals surface area contributed by atoms with Crippen LogP contribution >= 0.6 is 0 Å². The van der Waals surface area contributed by atoms with Gasteiger partial charge in [-0.05, 0) is 55.2 Å². The predicted octanol–water partition coefficient (Wildman–Crippen LogP) is 3.19. The molecule has 2 heterocycles. The average Bonchev–Trinajstić information content (AvgIpc) is 3.26. The van der Waals surface area contributed by atoms with E-state index in [1.807, 2.05) is 35.0 Å². The molecule has 8 nitrogen and oxygen atoms in total. The van der Waals surface area contributed by atoms with Gasteiger partial charge < -0.3 is 19.4 Å². The number of carbonyl (C=O) groups excluding carboxylic acids is 1. The van der Waals surface area contributed by atoms with E-state index in [1.54, 1.807) is 36.7 Å². The third-order valence-electron chi connectivity index (χ3n) is 6.22. The lowest BCUT2D eigenvalue weighted by Gasteiger charge is -2.25. The van der Waals surface area contributed by atoms with Crippen molar-refractivity contribution in [3.05, 3.63) is 54.2 Å². The highest BCUT2D eigenvalue weighted by molar-refractivity contribution is 7.89. The van der Waals surface area contributed by atoms with Gasteiger partial charge in [0.2, 0.25) is 15.9 Å². The summed E-state index contributed by atoms with van der Waals surface area (Å²) in [6.45, 7) is 1.77. The summed E-state index contributed by atoms with van der Waals surface area (Å²) in [7, 11) is -0.276. The summed E-state index contributed by atoms with van der Waals surface area (Å²) in [5, 5.41) is 3.74. The van der Waals surface area contributed by atoms with Gasteiger partial charge in [0.15, 0.2) is 0 Å². The number of nitrogens with one attached hydrogen (secondary N) is 1. The van der Waals surface area contributed by atoms with Crippen molar-refractivity contribution in [1.29, 1.82) is 0 Å². The minimum atomic E-state index is -3.49. The first-order chi connectivity index (χ1) is 16.4. The highest BCUT2D eigenvalue weighted by Crippen LogP contribution is 2.26. The van der Waals surface area contributed by atoms with Crippen molar-refractivity contribution in [2.24, 2.45) is 0 Å². The Kier molecular flexibility index (Phi) is 7.43. The number of fused-ring (bicyclic) bond motifs is 1. The van der Waals surface area contributed by atoms with Crippen LogP contribution in [0.2, 0.25) is 0 Å². The summed E-state index contributed by atoms with van der Waals surface area (Å²) in [6.07, 6.45) is 5.32. The van der Waals surface area contributed by atoms with Crippen molar-refractivity contribution in [2.45, 2.75) is 37.1 Å². The first-order valence-corrected chi connectivity index (χ1v) is 12.9. The Balaban J connectivity index is 1.38. The highest BCUT2D eigenvalue weighted by Gasteiger charge is 2.26. The van der Waals surface area contributed by atoms with Gasteiger partial charge in [-0.3, -0.25) is 4.79 Å². The highest BCUT2D eigenvalue weighted by atomic mass is 32.2. The molecule has 1 aromatic heterocycles. The maximum absolute atomic E-state index is 13.0. The standard InChI is InChI=1S/C25H31N3O5S/c1-32-21-7-6-19(24(17-21)33-2)10-12-26-25(29)18-27-15-11-20-16-22(8-9-23(20)27)34(30,31)28-13-4-3-5-14-28/h6-9,11,15-17H,3-5,10,12-14,18H2,1-2H3,(H,26,29). The number of rotatable bonds is 9. The number of nitrogens with zero attached hydrogens (tertiary/aromatic N) is 2. The van der Waals surface area contributed by atoms with Gasteiger partial charge in [-0.1, -0.05) is 12.5 Å². The van der Waals surface area contributed by atoms with Crippen LogP contribution in [0.25, 0.3) is 10.9 Å². The molecule has 34 heavy (non-hydrogen) atoms. The van der Waals surface area contributed by atoms with Crippen LogP contribution in [-0.2, 0) is 27.8 Å². The molecule has 0 saturated carbocycles. The van der Waals surface area contributed by atoms with E-state index in [9.17, 15) is 13.2 Å². The quantitative estimate of drug-likeness (QED) is 0.503. The molecular weight excluding hydrogens is 454 g/mol. The van der Waals surface area contributed by atoms with Gasteiger partial charge in [0.1, 0.15) is 18.0 Å². The maximum Gasteiger partial charge on any atom is 0.243 e. The molecule has 0 radical (unpaired) electrons. The number of aromatic nitrogens is 1. The van der Waals surface area contributed by atoms with Crippen LogP contribution in [0.15, 0.2) is 53.6 Å². The third-order valence-corrected chi connectivity index (χ3v) is 8.11. The fourth-order valence-corrected chi connectivity index (χ4v) is 5.89. The second kappa shape index (κ2) is 10.5. The van der Waals surface area contributed by atoms with Gasteiger partial charge in [0.25, 0.3) is 0 Å². The van der Waals surface area contributed by atoms with Crippen LogP contribution in [0.4, 0.5) is 0 Å². The van der Waals surface area contributed by atoms with Crippen molar-refractivity contribution in [3.63, 3.8) is 0 Å². The fourth-order valence-electron chi connectivity index (χ4n) is 4.34. The van der Waals surface area contributed by atoms with Crippen molar-refractivity contribution in [1.82, 2.24) is 14.2 Å². The molecule has 182 valence electrons. The smallest absolute Gasteiger partial charge is 0.243 e. The summed E-state index contributed by atoms with van der Waals surface area (Å²) >= 11 is 0. The summed E-state index contributed by atoms with van der Waals surface area (Å²) < 4.78 is 40.0. The number of piperidine rings is 1. The molecule has 2 aromatic carbocycles.